The van der Waals surface area contributed by atoms with Gasteiger partial charge in [-0.15, -0.1) is 0 Å². The maximum absolute atomic E-state index is 12.5. The van der Waals surface area contributed by atoms with Crippen LogP contribution in [0.4, 0.5) is 0 Å². The van der Waals surface area contributed by atoms with Crippen LogP contribution < -0.4 is 5.56 Å². The van der Waals surface area contributed by atoms with Crippen molar-refractivity contribution in [2.24, 2.45) is 0 Å². The molecule has 0 bridgehead atoms. The summed E-state index contributed by atoms with van der Waals surface area (Å²) in [6.45, 7) is 2.17. The highest BCUT2D eigenvalue weighted by molar-refractivity contribution is 5.94. The van der Waals surface area contributed by atoms with Gasteiger partial charge in [-0.3, -0.25) is 9.59 Å². The fourth-order valence-electron chi connectivity index (χ4n) is 2.57. The maximum Gasteiger partial charge on any atom is 0.255 e. The summed E-state index contributed by atoms with van der Waals surface area (Å²) in [5, 5.41) is 9.20. The summed E-state index contributed by atoms with van der Waals surface area (Å²) < 4.78 is 0. The van der Waals surface area contributed by atoms with Crippen LogP contribution in [0.3, 0.4) is 0 Å². The van der Waals surface area contributed by atoms with Gasteiger partial charge in [0.05, 0.1) is 12.2 Å². The molecule has 2 rings (SSSR count). The number of aromatic amines is 1. The van der Waals surface area contributed by atoms with E-state index in [1.165, 1.54) is 18.3 Å². The Balaban J connectivity index is 2.13. The van der Waals surface area contributed by atoms with E-state index in [9.17, 15) is 14.7 Å². The largest absolute Gasteiger partial charge is 0.395 e. The molecule has 1 fully saturated rings. The summed E-state index contributed by atoms with van der Waals surface area (Å²) in [5.74, 6) is -0.134. The first kappa shape index (κ1) is 14.7. The van der Waals surface area contributed by atoms with Crippen molar-refractivity contribution in [1.29, 1.82) is 0 Å². The van der Waals surface area contributed by atoms with Crippen LogP contribution in [0.25, 0.3) is 0 Å². The molecule has 0 aromatic carbocycles. The van der Waals surface area contributed by atoms with Crippen molar-refractivity contribution < 1.29 is 9.90 Å². The minimum absolute atomic E-state index is 0.0541. The molecule has 6 heteroatoms. The standard InChI is InChI=1S/C14H21N3O3/c1-16-6-4-12(5-7-16)17(8-9-18)14(20)11-2-3-13(19)15-10-11/h2-3,10,12,18H,4-9H2,1H3,(H,15,19). The summed E-state index contributed by atoms with van der Waals surface area (Å²) in [4.78, 5) is 30.0. The number of likely N-dealkylation sites (tertiary alicyclic amines) is 1. The van der Waals surface area contributed by atoms with Gasteiger partial charge >= 0.3 is 0 Å². The Bertz CT molecular complexity index is 486. The smallest absolute Gasteiger partial charge is 0.255 e. The van der Waals surface area contributed by atoms with Crippen LogP contribution in [0.2, 0.25) is 0 Å². The molecule has 1 aliphatic heterocycles. The summed E-state index contributed by atoms with van der Waals surface area (Å²) in [5.41, 5.74) is 0.228. The van der Waals surface area contributed by atoms with E-state index in [1.807, 2.05) is 0 Å². The number of carbonyl (C=O) groups is 1. The molecule has 110 valence electrons. The number of nitrogens with one attached hydrogen (secondary N) is 1. The number of H-pyrrole nitrogens is 1. The van der Waals surface area contributed by atoms with Crippen LogP contribution in [0.5, 0.6) is 0 Å². The minimum atomic E-state index is -0.227. The molecule has 6 nitrogen and oxygen atoms in total. The van der Waals surface area contributed by atoms with Crippen LogP contribution >= 0.6 is 0 Å². The van der Waals surface area contributed by atoms with Crippen LogP contribution in [0, 0.1) is 0 Å². The van der Waals surface area contributed by atoms with Crippen molar-refractivity contribution in [3.8, 4) is 0 Å². The van der Waals surface area contributed by atoms with Gasteiger partial charge < -0.3 is 19.9 Å². The molecule has 1 amide bonds. The molecule has 1 aromatic rings. The van der Waals surface area contributed by atoms with Gasteiger partial charge in [0, 0.05) is 24.8 Å². The fourth-order valence-corrected chi connectivity index (χ4v) is 2.57. The van der Waals surface area contributed by atoms with E-state index in [0.717, 1.165) is 25.9 Å². The number of hydrogen-bond acceptors (Lipinski definition) is 4. The molecule has 0 spiro atoms. The average molecular weight is 279 g/mol. The number of piperidine rings is 1. The third kappa shape index (κ3) is 3.46. The average Bonchev–Trinajstić information content (AvgIpc) is 2.46. The number of nitrogens with zero attached hydrogens (tertiary/aromatic N) is 2. The first-order chi connectivity index (χ1) is 9.61. The zero-order valence-corrected chi connectivity index (χ0v) is 11.7. The lowest BCUT2D eigenvalue weighted by Gasteiger charge is -2.37. The summed E-state index contributed by atoms with van der Waals surface area (Å²) in [6, 6.07) is 3.03. The number of aliphatic hydroxyl groups excluding tert-OH is 1. The van der Waals surface area contributed by atoms with Crippen molar-refractivity contribution in [3.05, 3.63) is 34.2 Å². The molecule has 0 aliphatic carbocycles. The Morgan fingerprint density at radius 1 is 1.45 bits per heavy atom. The lowest BCUT2D eigenvalue weighted by molar-refractivity contribution is 0.0539. The topological polar surface area (TPSA) is 76.6 Å². The van der Waals surface area contributed by atoms with Crippen LogP contribution in [0.15, 0.2) is 23.1 Å². The second-order valence-electron chi connectivity index (χ2n) is 5.20. The predicted molar refractivity (Wildman–Crippen MR) is 75.7 cm³/mol. The molecule has 1 aliphatic rings. The Hall–Kier alpha value is -1.66. The molecular formula is C14H21N3O3. The Kier molecular flexibility index (Phi) is 4.92. The lowest BCUT2D eigenvalue weighted by Crippen LogP contribution is -2.47. The van der Waals surface area contributed by atoms with Gasteiger partial charge in [-0.05, 0) is 39.0 Å². The predicted octanol–water partition coefficient (Wildman–Crippen LogP) is -0.0964. The van der Waals surface area contributed by atoms with Crippen LogP contribution in [-0.2, 0) is 0 Å². The highest BCUT2D eigenvalue weighted by atomic mass is 16.3. The van der Waals surface area contributed by atoms with Crippen LogP contribution in [-0.4, -0.2) is 65.1 Å². The normalized spacial score (nSPS) is 17.1. The highest BCUT2D eigenvalue weighted by Crippen LogP contribution is 2.17. The van der Waals surface area contributed by atoms with Crippen molar-refractivity contribution >= 4 is 5.91 Å². The van der Waals surface area contributed by atoms with Gasteiger partial charge in [0.1, 0.15) is 0 Å². The monoisotopic (exact) mass is 279 g/mol. The van der Waals surface area contributed by atoms with E-state index in [2.05, 4.69) is 16.9 Å². The first-order valence-corrected chi connectivity index (χ1v) is 6.91. The van der Waals surface area contributed by atoms with Gasteiger partial charge in [0.25, 0.3) is 5.91 Å². The van der Waals surface area contributed by atoms with E-state index in [4.69, 9.17) is 0 Å². The van der Waals surface area contributed by atoms with Crippen molar-refractivity contribution in [3.63, 3.8) is 0 Å². The Morgan fingerprint density at radius 3 is 2.70 bits per heavy atom. The van der Waals surface area contributed by atoms with E-state index in [-0.39, 0.29) is 24.1 Å². The molecule has 1 aromatic heterocycles. The molecule has 0 radical (unpaired) electrons. The van der Waals surface area contributed by atoms with Crippen molar-refractivity contribution in [2.45, 2.75) is 18.9 Å². The molecule has 0 saturated carbocycles. The number of rotatable bonds is 4. The van der Waals surface area contributed by atoms with E-state index in [0.29, 0.717) is 12.1 Å². The molecule has 0 unspecified atom stereocenters. The third-order valence-electron chi connectivity index (χ3n) is 3.76. The van der Waals surface area contributed by atoms with Gasteiger partial charge in [-0.1, -0.05) is 0 Å². The van der Waals surface area contributed by atoms with Gasteiger partial charge in [0.15, 0.2) is 0 Å². The molecule has 2 N–H and O–H groups in total. The second kappa shape index (κ2) is 6.67. The summed E-state index contributed by atoms with van der Waals surface area (Å²) in [6.07, 6.45) is 3.25. The van der Waals surface area contributed by atoms with Crippen molar-refractivity contribution in [1.82, 2.24) is 14.8 Å². The Labute approximate surface area is 118 Å². The second-order valence-corrected chi connectivity index (χ2v) is 5.20. The first-order valence-electron chi connectivity index (χ1n) is 6.91. The third-order valence-corrected chi connectivity index (χ3v) is 3.76. The summed E-state index contributed by atoms with van der Waals surface area (Å²) in [7, 11) is 2.07. The molecule has 1 saturated heterocycles. The van der Waals surface area contributed by atoms with Gasteiger partial charge in [-0.25, -0.2) is 0 Å². The van der Waals surface area contributed by atoms with Gasteiger partial charge in [0.2, 0.25) is 5.56 Å². The quantitative estimate of drug-likeness (QED) is 0.807. The van der Waals surface area contributed by atoms with E-state index < -0.39 is 0 Å². The molecule has 20 heavy (non-hydrogen) atoms. The Morgan fingerprint density at radius 2 is 2.15 bits per heavy atom. The minimum Gasteiger partial charge on any atom is -0.395 e. The number of hydrogen-bond donors (Lipinski definition) is 2. The number of aliphatic hydroxyl groups is 1. The lowest BCUT2D eigenvalue weighted by atomic mass is 10.0. The summed E-state index contributed by atoms with van der Waals surface area (Å²) >= 11 is 0. The number of pyridine rings is 1. The molecular weight excluding hydrogens is 258 g/mol. The number of aromatic nitrogens is 1. The SMILES string of the molecule is CN1CCC(N(CCO)C(=O)c2ccc(=O)[nH]c2)CC1. The zero-order chi connectivity index (χ0) is 14.5. The van der Waals surface area contributed by atoms with Crippen LogP contribution in [0.1, 0.15) is 23.2 Å². The fraction of sp³-hybridized carbons (Fsp3) is 0.571. The maximum atomic E-state index is 12.5. The van der Waals surface area contributed by atoms with Crippen molar-refractivity contribution in [2.75, 3.05) is 33.3 Å². The highest BCUT2D eigenvalue weighted by Gasteiger charge is 2.27. The van der Waals surface area contributed by atoms with E-state index in [1.54, 1.807) is 4.90 Å². The number of amides is 1. The van der Waals surface area contributed by atoms with Gasteiger partial charge in [-0.2, -0.15) is 0 Å². The zero-order valence-electron chi connectivity index (χ0n) is 11.7. The molecule has 2 heterocycles. The number of carbonyl (C=O) groups excluding carboxylic acids is 1. The van der Waals surface area contributed by atoms with E-state index >= 15 is 0 Å². The molecule has 0 atom stereocenters.